The van der Waals surface area contributed by atoms with Gasteiger partial charge in [0.2, 0.25) is 0 Å². The number of benzene rings is 2. The largest absolute Gasteiger partial charge is 0.431 e. The van der Waals surface area contributed by atoms with Crippen molar-refractivity contribution in [2.75, 3.05) is 0 Å². The average molecular weight is 425 g/mol. The molecule has 0 bridgehead atoms. The molecular formula is C20H13ClN4O3S. The molecule has 0 unspecified atom stereocenters. The van der Waals surface area contributed by atoms with Crippen molar-refractivity contribution in [3.63, 3.8) is 0 Å². The number of halogens is 1. The third kappa shape index (κ3) is 3.76. The molecule has 0 atom stereocenters. The van der Waals surface area contributed by atoms with E-state index in [1.165, 1.54) is 17.8 Å². The lowest BCUT2D eigenvalue weighted by atomic mass is 10.1. The van der Waals surface area contributed by atoms with Crippen molar-refractivity contribution in [2.45, 2.75) is 17.5 Å². The van der Waals surface area contributed by atoms with E-state index < -0.39 is 0 Å². The standard InChI is InChI=1S/C20H13ClN4O3S/c21-13-5-6-18-16(8-13)22-20(28-18)29-11-14-10-25(24-23-14)9-12-7-19(26)27-17-4-2-1-3-15(12)17/h1-8,10H,9,11H2. The van der Waals surface area contributed by atoms with Crippen molar-refractivity contribution in [2.24, 2.45) is 0 Å². The summed E-state index contributed by atoms with van der Waals surface area (Å²) >= 11 is 7.41. The van der Waals surface area contributed by atoms with Gasteiger partial charge in [-0.15, -0.1) is 5.10 Å². The summed E-state index contributed by atoms with van der Waals surface area (Å²) in [7, 11) is 0. The van der Waals surface area contributed by atoms with E-state index in [2.05, 4.69) is 15.3 Å². The zero-order valence-corrected chi connectivity index (χ0v) is 16.5. The minimum absolute atomic E-state index is 0.384. The van der Waals surface area contributed by atoms with Crippen LogP contribution in [0.1, 0.15) is 11.3 Å². The molecule has 0 spiro atoms. The Labute approximate surface area is 173 Å². The van der Waals surface area contributed by atoms with Crippen LogP contribution in [0.5, 0.6) is 0 Å². The monoisotopic (exact) mass is 424 g/mol. The Balaban J connectivity index is 1.32. The number of nitrogens with zero attached hydrogens (tertiary/aromatic N) is 4. The van der Waals surface area contributed by atoms with Crippen LogP contribution in [0, 0.1) is 0 Å². The van der Waals surface area contributed by atoms with Gasteiger partial charge in [-0.25, -0.2) is 14.5 Å². The van der Waals surface area contributed by atoms with Crippen LogP contribution in [0.4, 0.5) is 0 Å². The van der Waals surface area contributed by atoms with Crippen LogP contribution in [0.25, 0.3) is 22.1 Å². The van der Waals surface area contributed by atoms with Crippen molar-refractivity contribution in [3.05, 3.63) is 81.4 Å². The third-order valence-electron chi connectivity index (χ3n) is 4.33. The molecule has 2 aromatic carbocycles. The lowest BCUT2D eigenvalue weighted by Crippen LogP contribution is -2.06. The van der Waals surface area contributed by atoms with Crippen LogP contribution in [-0.4, -0.2) is 20.0 Å². The summed E-state index contributed by atoms with van der Waals surface area (Å²) in [5.41, 5.74) is 3.20. The predicted molar refractivity (Wildman–Crippen MR) is 110 cm³/mol. The molecule has 0 fully saturated rings. The number of hydrogen-bond acceptors (Lipinski definition) is 7. The molecule has 0 N–H and O–H groups in total. The first-order chi connectivity index (χ1) is 14.1. The Morgan fingerprint density at radius 1 is 1.07 bits per heavy atom. The summed E-state index contributed by atoms with van der Waals surface area (Å²) in [5, 5.41) is 10.4. The Hall–Kier alpha value is -3.10. The Kier molecular flexibility index (Phi) is 4.57. The molecule has 0 aliphatic heterocycles. The van der Waals surface area contributed by atoms with Crippen molar-refractivity contribution in [1.29, 1.82) is 0 Å². The van der Waals surface area contributed by atoms with E-state index >= 15 is 0 Å². The molecule has 3 aromatic heterocycles. The van der Waals surface area contributed by atoms with Gasteiger partial charge >= 0.3 is 5.63 Å². The number of hydrogen-bond donors (Lipinski definition) is 0. The van der Waals surface area contributed by atoms with E-state index in [-0.39, 0.29) is 5.63 Å². The quantitative estimate of drug-likeness (QED) is 0.303. The Morgan fingerprint density at radius 2 is 1.97 bits per heavy atom. The SMILES string of the molecule is O=c1cc(Cn2cc(CSc3nc4cc(Cl)ccc4o3)nn2)c2ccccc2o1. The van der Waals surface area contributed by atoms with Gasteiger partial charge in [-0.3, -0.25) is 0 Å². The Morgan fingerprint density at radius 3 is 2.90 bits per heavy atom. The molecule has 5 rings (SSSR count). The third-order valence-corrected chi connectivity index (χ3v) is 5.42. The fourth-order valence-corrected chi connectivity index (χ4v) is 3.92. The molecule has 7 nitrogen and oxygen atoms in total. The molecule has 0 saturated heterocycles. The van der Waals surface area contributed by atoms with Crippen LogP contribution in [0.15, 0.2) is 73.6 Å². The van der Waals surface area contributed by atoms with Gasteiger partial charge in [0, 0.05) is 28.4 Å². The van der Waals surface area contributed by atoms with Gasteiger partial charge in [0.25, 0.3) is 5.22 Å². The summed E-state index contributed by atoms with van der Waals surface area (Å²) in [4.78, 5) is 16.2. The number of rotatable bonds is 5. The van der Waals surface area contributed by atoms with E-state index in [9.17, 15) is 4.79 Å². The van der Waals surface area contributed by atoms with Gasteiger partial charge in [0.1, 0.15) is 11.1 Å². The van der Waals surface area contributed by atoms with Gasteiger partial charge in [-0.1, -0.05) is 46.8 Å². The smallest absolute Gasteiger partial charge is 0.336 e. The van der Waals surface area contributed by atoms with Crippen LogP contribution in [-0.2, 0) is 12.3 Å². The second-order valence-electron chi connectivity index (χ2n) is 6.37. The molecule has 0 saturated carbocycles. The van der Waals surface area contributed by atoms with Crippen molar-refractivity contribution >= 4 is 45.4 Å². The van der Waals surface area contributed by atoms with E-state index in [0.29, 0.717) is 33.7 Å². The first-order valence-electron chi connectivity index (χ1n) is 8.74. The molecule has 144 valence electrons. The zero-order valence-electron chi connectivity index (χ0n) is 14.9. The fourth-order valence-electron chi connectivity index (χ4n) is 3.04. The highest BCUT2D eigenvalue weighted by molar-refractivity contribution is 7.98. The number of fused-ring (bicyclic) bond motifs is 2. The lowest BCUT2D eigenvalue weighted by molar-refractivity contribution is 0.489. The second-order valence-corrected chi connectivity index (χ2v) is 7.74. The minimum Gasteiger partial charge on any atom is -0.431 e. The molecule has 0 aliphatic rings. The minimum atomic E-state index is -0.384. The van der Waals surface area contributed by atoms with Gasteiger partial charge in [-0.05, 0) is 29.8 Å². The highest BCUT2D eigenvalue weighted by Gasteiger charge is 2.11. The fraction of sp³-hybridized carbons (Fsp3) is 0.100. The average Bonchev–Trinajstić information content (AvgIpc) is 3.32. The maximum absolute atomic E-state index is 11.8. The summed E-state index contributed by atoms with van der Waals surface area (Å²) in [5.74, 6) is 0.554. The van der Waals surface area contributed by atoms with Crippen LogP contribution in [0.2, 0.25) is 5.02 Å². The van der Waals surface area contributed by atoms with Crippen molar-refractivity contribution in [1.82, 2.24) is 20.0 Å². The van der Waals surface area contributed by atoms with Crippen molar-refractivity contribution < 1.29 is 8.83 Å². The summed E-state index contributed by atoms with van der Waals surface area (Å²) in [6, 6.07) is 14.2. The molecule has 5 aromatic rings. The molecular weight excluding hydrogens is 412 g/mol. The summed E-state index contributed by atoms with van der Waals surface area (Å²) in [6.07, 6.45) is 1.84. The number of oxazole rings is 1. The molecule has 0 radical (unpaired) electrons. The Bertz CT molecular complexity index is 1390. The van der Waals surface area contributed by atoms with E-state index in [1.807, 2.05) is 24.4 Å². The summed E-state index contributed by atoms with van der Waals surface area (Å²) in [6.45, 7) is 0.422. The number of thioether (sulfide) groups is 1. The highest BCUT2D eigenvalue weighted by Crippen LogP contribution is 2.27. The molecule has 3 heterocycles. The van der Waals surface area contributed by atoms with Crippen LogP contribution >= 0.6 is 23.4 Å². The van der Waals surface area contributed by atoms with Gasteiger partial charge in [-0.2, -0.15) is 0 Å². The number of para-hydroxylation sites is 1. The normalized spacial score (nSPS) is 11.5. The van der Waals surface area contributed by atoms with Gasteiger partial charge in [0.05, 0.1) is 12.2 Å². The lowest BCUT2D eigenvalue weighted by Gasteiger charge is -2.04. The van der Waals surface area contributed by atoms with Crippen LogP contribution in [0.3, 0.4) is 0 Å². The van der Waals surface area contributed by atoms with Crippen molar-refractivity contribution in [3.8, 4) is 0 Å². The molecule has 0 amide bonds. The van der Waals surface area contributed by atoms with E-state index in [0.717, 1.165) is 22.2 Å². The predicted octanol–water partition coefficient (Wildman–Crippen LogP) is 4.52. The van der Waals surface area contributed by atoms with E-state index in [4.69, 9.17) is 20.4 Å². The van der Waals surface area contributed by atoms with Gasteiger partial charge in [0.15, 0.2) is 5.58 Å². The van der Waals surface area contributed by atoms with Gasteiger partial charge < -0.3 is 8.83 Å². The second kappa shape index (κ2) is 7.38. The number of aromatic nitrogens is 4. The topological polar surface area (TPSA) is 87.0 Å². The summed E-state index contributed by atoms with van der Waals surface area (Å²) < 4.78 is 12.6. The van der Waals surface area contributed by atoms with E-state index in [1.54, 1.807) is 28.9 Å². The molecule has 9 heteroatoms. The first-order valence-corrected chi connectivity index (χ1v) is 10.1. The maximum atomic E-state index is 11.8. The maximum Gasteiger partial charge on any atom is 0.336 e. The highest BCUT2D eigenvalue weighted by atomic mass is 35.5. The zero-order chi connectivity index (χ0) is 19.8. The molecule has 29 heavy (non-hydrogen) atoms. The molecule has 0 aliphatic carbocycles. The van der Waals surface area contributed by atoms with Crippen LogP contribution < -0.4 is 5.63 Å². The first kappa shape index (κ1) is 18.0.